The van der Waals surface area contributed by atoms with Gasteiger partial charge in [-0.2, -0.15) is 10.2 Å². The van der Waals surface area contributed by atoms with E-state index in [1.54, 1.807) is 6.20 Å². The van der Waals surface area contributed by atoms with Crippen LogP contribution in [0.1, 0.15) is 45.2 Å². The van der Waals surface area contributed by atoms with E-state index in [9.17, 15) is 18.5 Å². The van der Waals surface area contributed by atoms with Gasteiger partial charge in [0.1, 0.15) is 17.3 Å². The predicted molar refractivity (Wildman–Crippen MR) is 144 cm³/mol. The van der Waals surface area contributed by atoms with Crippen LogP contribution in [0.25, 0.3) is 11.0 Å². The average molecular weight is 549 g/mol. The molecule has 1 N–H and O–H groups in total. The van der Waals surface area contributed by atoms with E-state index in [1.165, 1.54) is 21.2 Å². The maximum atomic E-state index is 13.4. The van der Waals surface area contributed by atoms with Crippen molar-refractivity contribution in [1.82, 2.24) is 18.8 Å². The van der Waals surface area contributed by atoms with Gasteiger partial charge in [0.05, 0.1) is 31.6 Å². The summed E-state index contributed by atoms with van der Waals surface area (Å²) in [6, 6.07) is 3.09. The van der Waals surface area contributed by atoms with Gasteiger partial charge < -0.3 is 14.5 Å². The predicted octanol–water partition coefficient (Wildman–Crippen LogP) is 2.46. The van der Waals surface area contributed by atoms with Gasteiger partial charge in [-0.25, -0.2) is 17.7 Å². The Morgan fingerprint density at radius 2 is 1.92 bits per heavy atom. The van der Waals surface area contributed by atoms with Crippen molar-refractivity contribution in [1.29, 1.82) is 5.26 Å². The lowest BCUT2D eigenvalue weighted by Crippen LogP contribution is -2.47. The van der Waals surface area contributed by atoms with Crippen LogP contribution in [-0.4, -0.2) is 80.3 Å². The number of nitriles is 1. The molecule has 0 radical (unpaired) electrons. The summed E-state index contributed by atoms with van der Waals surface area (Å²) in [5.41, 5.74) is -0.00206. The minimum absolute atomic E-state index is 0.00140. The van der Waals surface area contributed by atoms with Crippen molar-refractivity contribution < 1.29 is 17.6 Å². The van der Waals surface area contributed by atoms with E-state index in [-0.39, 0.29) is 29.4 Å². The number of ether oxygens (including phenoxy) is 1. The van der Waals surface area contributed by atoms with Crippen LogP contribution in [0, 0.1) is 11.3 Å². The van der Waals surface area contributed by atoms with Crippen molar-refractivity contribution in [3.05, 3.63) is 28.2 Å². The molecule has 0 spiro atoms. The zero-order valence-corrected chi connectivity index (χ0v) is 24.1. The first-order valence-electron chi connectivity index (χ1n) is 12.5. The highest BCUT2D eigenvalue weighted by molar-refractivity contribution is 7.88. The van der Waals surface area contributed by atoms with Crippen molar-refractivity contribution in [2.75, 3.05) is 37.9 Å². The van der Waals surface area contributed by atoms with Crippen LogP contribution in [-0.2, 0) is 19.2 Å². The van der Waals surface area contributed by atoms with Crippen LogP contribution in [0.4, 0.5) is 5.95 Å². The van der Waals surface area contributed by atoms with E-state index >= 15 is 0 Å². The number of hydrogen-bond donors (Lipinski definition) is 1. The van der Waals surface area contributed by atoms with Crippen molar-refractivity contribution in [3.8, 4) is 6.07 Å². The molecule has 37 heavy (non-hydrogen) atoms. The van der Waals surface area contributed by atoms with Crippen LogP contribution in [0.2, 0.25) is 18.1 Å². The Bertz CT molecular complexity index is 1370. The van der Waals surface area contributed by atoms with E-state index < -0.39 is 29.9 Å². The number of rotatable bonds is 6. The molecule has 0 saturated carbocycles. The Balaban J connectivity index is 1.68. The minimum atomic E-state index is -3.22. The first-order chi connectivity index (χ1) is 17.2. The highest BCUT2D eigenvalue weighted by Gasteiger charge is 2.43. The van der Waals surface area contributed by atoms with Crippen molar-refractivity contribution in [3.63, 3.8) is 0 Å². The summed E-state index contributed by atoms with van der Waals surface area (Å²) in [7, 11) is -5.38. The topological polar surface area (TPSA) is 139 Å². The summed E-state index contributed by atoms with van der Waals surface area (Å²) >= 11 is 0. The molecule has 4 rings (SSSR count). The van der Waals surface area contributed by atoms with Gasteiger partial charge in [-0.1, -0.05) is 20.8 Å². The molecular weight excluding hydrogens is 512 g/mol. The number of nitrogens with zero attached hydrogens (tertiary/aromatic N) is 5. The molecule has 11 nitrogen and oxygen atoms in total. The van der Waals surface area contributed by atoms with Crippen molar-refractivity contribution in [2.45, 2.75) is 69.9 Å². The Morgan fingerprint density at radius 1 is 1.24 bits per heavy atom. The summed E-state index contributed by atoms with van der Waals surface area (Å²) in [4.78, 5) is 22.6. The zero-order valence-electron chi connectivity index (χ0n) is 22.3. The van der Waals surface area contributed by atoms with Crippen LogP contribution in [0.5, 0.6) is 0 Å². The summed E-state index contributed by atoms with van der Waals surface area (Å²) in [5.74, 6) is 0.351. The van der Waals surface area contributed by atoms with Crippen LogP contribution in [0.15, 0.2) is 17.1 Å². The molecule has 2 aliphatic heterocycles. The molecule has 13 heteroatoms. The van der Waals surface area contributed by atoms with Gasteiger partial charge in [0.25, 0.3) is 5.56 Å². The van der Waals surface area contributed by atoms with Gasteiger partial charge >= 0.3 is 0 Å². The summed E-state index contributed by atoms with van der Waals surface area (Å²) in [5, 5.41) is 13.5. The second-order valence-corrected chi connectivity index (χ2v) is 18.2. The summed E-state index contributed by atoms with van der Waals surface area (Å²) in [6.45, 7) is 12.3. The van der Waals surface area contributed by atoms with Crippen LogP contribution < -0.4 is 10.9 Å². The Labute approximate surface area is 219 Å². The van der Waals surface area contributed by atoms with Gasteiger partial charge in [-0.05, 0) is 37.0 Å². The number of nitrogens with one attached hydrogen (secondary N) is 1. The normalized spacial score (nSPS) is 22.3. The smallest absolute Gasteiger partial charge is 0.270 e. The molecule has 0 amide bonds. The van der Waals surface area contributed by atoms with E-state index in [2.05, 4.69) is 44.2 Å². The lowest BCUT2D eigenvalue weighted by atomic mass is 10.1. The zero-order chi connectivity index (χ0) is 27.2. The highest BCUT2D eigenvalue weighted by Crippen LogP contribution is 2.39. The monoisotopic (exact) mass is 548 g/mol. The van der Waals surface area contributed by atoms with E-state index in [0.717, 1.165) is 0 Å². The Kier molecular flexibility index (Phi) is 7.53. The number of sulfonamides is 1. The first-order valence-corrected chi connectivity index (χ1v) is 17.3. The standard InChI is InChI=1S/C24H36N6O5SSi/c1-24(2,3)37(5,6)35-20-15-34-14-19(20)30-21-17(11-16(12-25)22(30)31)13-26-23(28-21)27-18-7-9-29(10-8-18)36(4,32)33/h11,13,18-20H,7-10,14-15H2,1-6H3,(H,26,27,28). The molecular formula is C24H36N6O5SSi. The molecule has 2 fully saturated rings. The third-order valence-corrected chi connectivity index (χ3v) is 13.5. The van der Waals surface area contributed by atoms with Crippen LogP contribution in [0.3, 0.4) is 0 Å². The van der Waals surface area contributed by atoms with E-state index in [0.29, 0.717) is 49.5 Å². The second kappa shape index (κ2) is 10.1. The maximum Gasteiger partial charge on any atom is 0.270 e. The lowest BCUT2D eigenvalue weighted by Gasteiger charge is -2.39. The summed E-state index contributed by atoms with van der Waals surface area (Å²) in [6.07, 6.45) is 3.71. The number of piperidine rings is 1. The van der Waals surface area contributed by atoms with Gasteiger partial charge in [-0.3, -0.25) is 9.36 Å². The molecule has 0 bridgehead atoms. The molecule has 2 saturated heterocycles. The molecule has 202 valence electrons. The summed E-state index contributed by atoms with van der Waals surface area (Å²) < 4.78 is 39.1. The molecule has 2 atom stereocenters. The number of hydrogen-bond acceptors (Lipinski definition) is 9. The van der Waals surface area contributed by atoms with Gasteiger partial charge in [0.15, 0.2) is 8.32 Å². The Hall–Kier alpha value is -2.37. The fraction of sp³-hybridized carbons (Fsp3) is 0.667. The molecule has 2 unspecified atom stereocenters. The largest absolute Gasteiger partial charge is 0.409 e. The third-order valence-electron chi connectivity index (χ3n) is 7.73. The molecule has 2 aromatic heterocycles. The molecule has 2 aliphatic rings. The lowest BCUT2D eigenvalue weighted by molar-refractivity contribution is 0.126. The fourth-order valence-corrected chi connectivity index (χ4v) is 6.73. The first kappa shape index (κ1) is 27.7. The number of fused-ring (bicyclic) bond motifs is 1. The average Bonchev–Trinajstić information content (AvgIpc) is 3.24. The Morgan fingerprint density at radius 3 is 2.51 bits per heavy atom. The minimum Gasteiger partial charge on any atom is -0.409 e. The second-order valence-electron chi connectivity index (χ2n) is 11.4. The van der Waals surface area contributed by atoms with Gasteiger partial charge in [0, 0.05) is 30.7 Å². The van der Waals surface area contributed by atoms with Crippen molar-refractivity contribution >= 4 is 35.3 Å². The third kappa shape index (κ3) is 5.73. The fourth-order valence-electron chi connectivity index (χ4n) is 4.52. The highest BCUT2D eigenvalue weighted by atomic mass is 32.2. The number of pyridine rings is 1. The molecule has 0 aliphatic carbocycles. The quantitative estimate of drug-likeness (QED) is 0.539. The molecule has 4 heterocycles. The van der Waals surface area contributed by atoms with Gasteiger partial charge in [0.2, 0.25) is 16.0 Å². The number of aromatic nitrogens is 3. The van der Waals surface area contributed by atoms with E-state index in [1.807, 2.05) is 6.07 Å². The van der Waals surface area contributed by atoms with Crippen LogP contribution >= 0.6 is 0 Å². The molecule has 2 aromatic rings. The van der Waals surface area contributed by atoms with Crippen molar-refractivity contribution in [2.24, 2.45) is 0 Å². The van der Waals surface area contributed by atoms with Gasteiger partial charge in [-0.15, -0.1) is 0 Å². The SMILES string of the molecule is CC(C)(C)[Si](C)(C)OC1COCC1n1c(=O)c(C#N)cc2cnc(NC3CCN(S(C)(=O)=O)CC3)nc21. The maximum absolute atomic E-state index is 13.4. The number of anilines is 1. The van der Waals surface area contributed by atoms with E-state index in [4.69, 9.17) is 14.1 Å². The molecule has 0 aromatic carbocycles.